The van der Waals surface area contributed by atoms with E-state index in [1.807, 2.05) is 6.07 Å². The fourth-order valence-corrected chi connectivity index (χ4v) is 2.21. The van der Waals surface area contributed by atoms with Crippen LogP contribution in [-0.4, -0.2) is 33.4 Å². The van der Waals surface area contributed by atoms with E-state index in [1.54, 1.807) is 56.7 Å². The van der Waals surface area contributed by atoms with Crippen molar-refractivity contribution in [2.24, 2.45) is 0 Å². The highest BCUT2D eigenvalue weighted by Gasteiger charge is 2.04. The van der Waals surface area contributed by atoms with E-state index in [9.17, 15) is 4.79 Å². The molecular weight excluding hydrogens is 344 g/mol. The van der Waals surface area contributed by atoms with Crippen molar-refractivity contribution in [3.8, 4) is 17.2 Å². The molecule has 0 aliphatic heterocycles. The summed E-state index contributed by atoms with van der Waals surface area (Å²) in [5, 5.41) is 0.590. The minimum absolute atomic E-state index is 0.140. The number of methoxy groups -OCH3 is 2. The molecule has 6 heteroatoms. The molecule has 0 fully saturated rings. The standard InChI is InChI=1S/C19H19ClO5/c1-22-17-8-6-14(12-18(17)23-2)7-9-19(21)25-11-10-24-16-5-3-4-15(20)13-16/h3-9,12-13H,10-11H2,1-2H3/b9-7+. The maximum atomic E-state index is 11.7. The molecule has 0 aliphatic carbocycles. The summed E-state index contributed by atoms with van der Waals surface area (Å²) in [6.45, 7) is 0.387. The van der Waals surface area contributed by atoms with Crippen LogP contribution in [0.1, 0.15) is 5.56 Å². The highest BCUT2D eigenvalue weighted by molar-refractivity contribution is 6.30. The summed E-state index contributed by atoms with van der Waals surface area (Å²) >= 11 is 5.86. The predicted octanol–water partition coefficient (Wildman–Crippen LogP) is 3.99. The Bertz CT molecular complexity index is 742. The Morgan fingerprint density at radius 3 is 2.56 bits per heavy atom. The van der Waals surface area contributed by atoms with E-state index in [0.717, 1.165) is 5.56 Å². The van der Waals surface area contributed by atoms with Crippen molar-refractivity contribution in [2.75, 3.05) is 27.4 Å². The summed E-state index contributed by atoms with van der Waals surface area (Å²) in [6.07, 6.45) is 2.99. The van der Waals surface area contributed by atoms with E-state index in [1.165, 1.54) is 6.08 Å². The van der Waals surface area contributed by atoms with Crippen LogP contribution >= 0.6 is 11.6 Å². The molecule has 0 bridgehead atoms. The van der Waals surface area contributed by atoms with Crippen LogP contribution in [0.25, 0.3) is 6.08 Å². The van der Waals surface area contributed by atoms with Crippen LogP contribution in [0.3, 0.4) is 0 Å². The van der Waals surface area contributed by atoms with E-state index in [0.29, 0.717) is 22.3 Å². The normalized spacial score (nSPS) is 10.5. The van der Waals surface area contributed by atoms with E-state index < -0.39 is 5.97 Å². The number of hydrogen-bond donors (Lipinski definition) is 0. The van der Waals surface area contributed by atoms with Gasteiger partial charge in [0.1, 0.15) is 19.0 Å². The molecule has 0 atom stereocenters. The molecule has 0 saturated heterocycles. The zero-order chi connectivity index (χ0) is 18.1. The third-order valence-corrected chi connectivity index (χ3v) is 3.45. The highest BCUT2D eigenvalue weighted by atomic mass is 35.5. The molecular formula is C19H19ClO5. The fraction of sp³-hybridized carbons (Fsp3) is 0.211. The summed E-state index contributed by atoms with van der Waals surface area (Å²) in [5.74, 6) is 1.39. The lowest BCUT2D eigenvalue weighted by Gasteiger charge is -2.08. The van der Waals surface area contributed by atoms with Gasteiger partial charge in [-0.25, -0.2) is 4.79 Å². The Kier molecular flexibility index (Phi) is 7.16. The molecule has 132 valence electrons. The van der Waals surface area contributed by atoms with E-state index in [2.05, 4.69) is 0 Å². The fourth-order valence-electron chi connectivity index (χ4n) is 2.03. The first-order valence-corrected chi connectivity index (χ1v) is 7.95. The summed E-state index contributed by atoms with van der Waals surface area (Å²) in [5.41, 5.74) is 0.796. The van der Waals surface area contributed by atoms with Crippen molar-refractivity contribution in [1.29, 1.82) is 0 Å². The molecule has 25 heavy (non-hydrogen) atoms. The van der Waals surface area contributed by atoms with Crippen LogP contribution in [0.4, 0.5) is 0 Å². The average molecular weight is 363 g/mol. The summed E-state index contributed by atoms with van der Waals surface area (Å²) in [4.78, 5) is 11.7. The predicted molar refractivity (Wildman–Crippen MR) is 96.5 cm³/mol. The molecule has 2 aromatic rings. The first kappa shape index (κ1) is 18.7. The SMILES string of the molecule is COc1ccc(/C=C/C(=O)OCCOc2cccc(Cl)c2)cc1OC. The van der Waals surface area contributed by atoms with Gasteiger partial charge >= 0.3 is 5.97 Å². The average Bonchev–Trinajstić information content (AvgIpc) is 2.63. The Hall–Kier alpha value is -2.66. The minimum atomic E-state index is -0.454. The van der Waals surface area contributed by atoms with Crippen molar-refractivity contribution in [2.45, 2.75) is 0 Å². The van der Waals surface area contributed by atoms with Gasteiger partial charge in [0, 0.05) is 11.1 Å². The number of hydrogen-bond acceptors (Lipinski definition) is 5. The Balaban J connectivity index is 1.79. The zero-order valence-corrected chi connectivity index (χ0v) is 14.8. The van der Waals surface area contributed by atoms with E-state index in [4.69, 9.17) is 30.5 Å². The minimum Gasteiger partial charge on any atom is -0.493 e. The van der Waals surface area contributed by atoms with Crippen molar-refractivity contribution >= 4 is 23.6 Å². The van der Waals surface area contributed by atoms with Crippen molar-refractivity contribution in [3.05, 3.63) is 59.1 Å². The molecule has 0 unspecified atom stereocenters. The highest BCUT2D eigenvalue weighted by Crippen LogP contribution is 2.27. The molecule has 0 spiro atoms. The maximum absolute atomic E-state index is 11.7. The number of rotatable bonds is 8. The molecule has 0 saturated carbocycles. The zero-order valence-electron chi connectivity index (χ0n) is 14.0. The number of halogens is 1. The third-order valence-electron chi connectivity index (χ3n) is 3.21. The lowest BCUT2D eigenvalue weighted by molar-refractivity contribution is -0.138. The molecule has 0 amide bonds. The van der Waals surface area contributed by atoms with Crippen LogP contribution in [0.2, 0.25) is 5.02 Å². The molecule has 0 heterocycles. The summed E-state index contributed by atoms with van der Waals surface area (Å²) in [6, 6.07) is 12.4. The van der Waals surface area contributed by atoms with Gasteiger partial charge in [-0.1, -0.05) is 23.7 Å². The summed E-state index contributed by atoms with van der Waals surface area (Å²) in [7, 11) is 3.12. The molecule has 0 aromatic heterocycles. The van der Waals surface area contributed by atoms with Crippen LogP contribution in [0.15, 0.2) is 48.5 Å². The second kappa shape index (κ2) is 9.59. The van der Waals surface area contributed by atoms with Crippen molar-refractivity contribution in [1.82, 2.24) is 0 Å². The quantitative estimate of drug-likeness (QED) is 0.403. The van der Waals surface area contributed by atoms with Gasteiger partial charge in [0.05, 0.1) is 14.2 Å². The lowest BCUT2D eigenvalue weighted by atomic mass is 10.2. The number of carbonyl (C=O) groups is 1. The molecule has 0 N–H and O–H groups in total. The van der Waals surface area contributed by atoms with E-state index in [-0.39, 0.29) is 13.2 Å². The Labute approximate surface area is 151 Å². The Morgan fingerprint density at radius 2 is 1.84 bits per heavy atom. The Morgan fingerprint density at radius 1 is 1.04 bits per heavy atom. The largest absolute Gasteiger partial charge is 0.493 e. The first-order chi connectivity index (χ1) is 12.1. The molecule has 0 radical (unpaired) electrons. The number of carbonyl (C=O) groups excluding carboxylic acids is 1. The van der Waals surface area contributed by atoms with Gasteiger partial charge in [-0.15, -0.1) is 0 Å². The van der Waals surface area contributed by atoms with Crippen LogP contribution in [0.5, 0.6) is 17.2 Å². The molecule has 0 aliphatic rings. The third kappa shape index (κ3) is 6.04. The van der Waals surface area contributed by atoms with Gasteiger partial charge in [-0.2, -0.15) is 0 Å². The van der Waals surface area contributed by atoms with Gasteiger partial charge in [0.2, 0.25) is 0 Å². The first-order valence-electron chi connectivity index (χ1n) is 7.57. The second-order valence-corrected chi connectivity index (χ2v) is 5.36. The number of benzene rings is 2. The maximum Gasteiger partial charge on any atom is 0.330 e. The summed E-state index contributed by atoms with van der Waals surface area (Å²) < 4.78 is 20.9. The number of esters is 1. The smallest absolute Gasteiger partial charge is 0.330 e. The van der Waals surface area contributed by atoms with E-state index >= 15 is 0 Å². The van der Waals surface area contributed by atoms with Gasteiger partial charge in [-0.05, 0) is 42.0 Å². The molecule has 2 aromatic carbocycles. The monoisotopic (exact) mass is 362 g/mol. The van der Waals surface area contributed by atoms with Crippen molar-refractivity contribution in [3.63, 3.8) is 0 Å². The topological polar surface area (TPSA) is 54.0 Å². The lowest BCUT2D eigenvalue weighted by Crippen LogP contribution is -2.10. The van der Waals surface area contributed by atoms with Gasteiger partial charge in [0.25, 0.3) is 0 Å². The molecule has 2 rings (SSSR count). The number of ether oxygens (including phenoxy) is 4. The van der Waals surface area contributed by atoms with Crippen molar-refractivity contribution < 1.29 is 23.7 Å². The van der Waals surface area contributed by atoms with Gasteiger partial charge in [0.15, 0.2) is 11.5 Å². The van der Waals surface area contributed by atoms with Gasteiger partial charge in [-0.3, -0.25) is 0 Å². The molecule has 5 nitrogen and oxygen atoms in total. The van der Waals surface area contributed by atoms with Gasteiger partial charge < -0.3 is 18.9 Å². The van der Waals surface area contributed by atoms with Crippen LogP contribution < -0.4 is 14.2 Å². The van der Waals surface area contributed by atoms with Crippen LogP contribution in [-0.2, 0) is 9.53 Å². The van der Waals surface area contributed by atoms with Crippen LogP contribution in [0, 0.1) is 0 Å². The second-order valence-electron chi connectivity index (χ2n) is 4.92.